The molecule has 3 N–H and O–H groups in total. The van der Waals surface area contributed by atoms with Gasteiger partial charge in [-0.2, -0.15) is 13.2 Å². The molecular formula is C21H21F4N3O3. The van der Waals surface area contributed by atoms with Crippen LogP contribution in [0.4, 0.5) is 28.0 Å². The minimum absolute atomic E-state index is 0.00226. The van der Waals surface area contributed by atoms with Gasteiger partial charge in [-0.15, -0.1) is 0 Å². The lowest BCUT2D eigenvalue weighted by Crippen LogP contribution is -2.38. The van der Waals surface area contributed by atoms with Gasteiger partial charge in [0, 0.05) is 30.5 Å². The zero-order valence-electron chi connectivity index (χ0n) is 16.6. The van der Waals surface area contributed by atoms with Crippen LogP contribution in [0.2, 0.25) is 0 Å². The van der Waals surface area contributed by atoms with Crippen LogP contribution >= 0.6 is 0 Å². The fourth-order valence-corrected chi connectivity index (χ4v) is 3.31. The number of aliphatic hydroxyl groups is 2. The summed E-state index contributed by atoms with van der Waals surface area (Å²) in [5, 5.41) is 21.1. The van der Waals surface area contributed by atoms with Gasteiger partial charge in [-0.1, -0.05) is 6.08 Å². The van der Waals surface area contributed by atoms with Crippen LogP contribution in [0, 0.1) is 12.7 Å². The van der Waals surface area contributed by atoms with Crippen LogP contribution < -0.4 is 5.32 Å². The molecule has 0 saturated carbocycles. The van der Waals surface area contributed by atoms with Gasteiger partial charge >= 0.3 is 12.2 Å². The predicted octanol–water partition coefficient (Wildman–Crippen LogP) is 3.89. The second-order valence-corrected chi connectivity index (χ2v) is 7.18. The van der Waals surface area contributed by atoms with Crippen molar-refractivity contribution in [2.45, 2.75) is 25.6 Å². The van der Waals surface area contributed by atoms with Crippen molar-refractivity contribution in [1.29, 1.82) is 0 Å². The number of pyridine rings is 1. The third-order valence-corrected chi connectivity index (χ3v) is 5.00. The lowest BCUT2D eigenvalue weighted by molar-refractivity contribution is -0.138. The van der Waals surface area contributed by atoms with E-state index in [4.69, 9.17) is 5.11 Å². The number of hydrogen-bond acceptors (Lipinski definition) is 4. The van der Waals surface area contributed by atoms with E-state index in [0.29, 0.717) is 12.0 Å². The highest BCUT2D eigenvalue weighted by Crippen LogP contribution is 2.33. The highest BCUT2D eigenvalue weighted by molar-refractivity contribution is 5.90. The maximum atomic E-state index is 14.4. The van der Waals surface area contributed by atoms with Crippen molar-refractivity contribution in [1.82, 2.24) is 9.88 Å². The summed E-state index contributed by atoms with van der Waals surface area (Å²) in [6.07, 6.45) is -2.42. The number of carbonyl (C=O) groups excluding carboxylic acids is 1. The zero-order valence-corrected chi connectivity index (χ0v) is 16.6. The van der Waals surface area contributed by atoms with Crippen LogP contribution in [0.15, 0.2) is 36.5 Å². The van der Waals surface area contributed by atoms with Crippen molar-refractivity contribution < 1.29 is 32.6 Å². The Labute approximate surface area is 175 Å². The maximum absolute atomic E-state index is 14.4. The fraction of sp³-hybridized carbons (Fsp3) is 0.333. The van der Waals surface area contributed by atoms with Gasteiger partial charge in [-0.05, 0) is 48.7 Å². The first-order valence-corrected chi connectivity index (χ1v) is 9.47. The highest BCUT2D eigenvalue weighted by Gasteiger charge is 2.32. The van der Waals surface area contributed by atoms with Crippen LogP contribution in [-0.2, 0) is 6.18 Å². The van der Waals surface area contributed by atoms with E-state index in [-0.39, 0.29) is 35.6 Å². The zero-order chi connectivity index (χ0) is 22.8. The first-order chi connectivity index (χ1) is 14.6. The van der Waals surface area contributed by atoms with Crippen LogP contribution in [0.5, 0.6) is 0 Å². The third kappa shape index (κ3) is 5.20. The predicted molar refractivity (Wildman–Crippen MR) is 106 cm³/mol. The van der Waals surface area contributed by atoms with E-state index in [1.807, 2.05) is 0 Å². The number of amides is 2. The average molecular weight is 439 g/mol. The molecule has 6 nitrogen and oxygen atoms in total. The van der Waals surface area contributed by atoms with E-state index >= 15 is 0 Å². The van der Waals surface area contributed by atoms with E-state index in [0.717, 1.165) is 12.1 Å². The summed E-state index contributed by atoms with van der Waals surface area (Å²) in [7, 11) is 0. The van der Waals surface area contributed by atoms with Crippen molar-refractivity contribution >= 4 is 17.3 Å². The number of rotatable bonds is 4. The Balaban J connectivity index is 1.66. The molecule has 0 bridgehead atoms. The summed E-state index contributed by atoms with van der Waals surface area (Å²) in [6.45, 7) is 1.20. The van der Waals surface area contributed by atoms with Crippen molar-refractivity contribution in [3.05, 3.63) is 64.7 Å². The van der Waals surface area contributed by atoms with Crippen LogP contribution in [0.25, 0.3) is 5.57 Å². The standard InChI is InChI=1S/C21H21F4N3O3/c1-12-8-15(2-3-16(12)21(23,24)25)27-20(31)28-6-4-13(5-7-28)19-17(22)9-14(10-26-19)18(30)11-29/h2-4,8-10,18,29-30H,5-7,11H2,1H3,(H,27,31)/t18-/m1/s1. The van der Waals surface area contributed by atoms with E-state index < -0.39 is 36.3 Å². The molecule has 3 rings (SSSR count). The molecule has 1 aromatic heterocycles. The normalized spacial score (nSPS) is 15.5. The van der Waals surface area contributed by atoms with Gasteiger partial charge in [0.25, 0.3) is 0 Å². The lowest BCUT2D eigenvalue weighted by atomic mass is 10.0. The van der Waals surface area contributed by atoms with Crippen molar-refractivity contribution in [2.24, 2.45) is 0 Å². The molecule has 0 radical (unpaired) electrons. The van der Waals surface area contributed by atoms with Gasteiger partial charge in [0.05, 0.1) is 12.2 Å². The number of alkyl halides is 3. The number of aryl methyl sites for hydroxylation is 1. The summed E-state index contributed by atoms with van der Waals surface area (Å²) in [5.41, 5.74) is 0.346. The van der Waals surface area contributed by atoms with Gasteiger partial charge < -0.3 is 20.4 Å². The molecule has 1 aliphatic heterocycles. The molecule has 166 valence electrons. The Kier molecular flexibility index (Phi) is 6.61. The first-order valence-electron chi connectivity index (χ1n) is 9.47. The third-order valence-electron chi connectivity index (χ3n) is 5.00. The number of benzene rings is 1. The van der Waals surface area contributed by atoms with Crippen LogP contribution in [0.1, 0.15) is 34.9 Å². The van der Waals surface area contributed by atoms with Crippen molar-refractivity contribution in [3.8, 4) is 0 Å². The van der Waals surface area contributed by atoms with Gasteiger partial charge in [-0.3, -0.25) is 4.98 Å². The van der Waals surface area contributed by atoms with Gasteiger partial charge in [0.15, 0.2) is 0 Å². The molecule has 0 aliphatic carbocycles. The van der Waals surface area contributed by atoms with E-state index in [2.05, 4.69) is 10.3 Å². The number of nitrogens with zero attached hydrogens (tertiary/aromatic N) is 2. The van der Waals surface area contributed by atoms with E-state index in [1.54, 1.807) is 6.08 Å². The maximum Gasteiger partial charge on any atom is 0.416 e. The number of anilines is 1. The number of carbonyl (C=O) groups is 1. The van der Waals surface area contributed by atoms with Crippen molar-refractivity contribution in [2.75, 3.05) is 25.0 Å². The Hall–Kier alpha value is -2.98. The topological polar surface area (TPSA) is 85.7 Å². The molecule has 0 unspecified atom stereocenters. The second kappa shape index (κ2) is 9.03. The Morgan fingerprint density at radius 1 is 1.32 bits per heavy atom. The number of nitrogens with one attached hydrogen (secondary N) is 1. The summed E-state index contributed by atoms with van der Waals surface area (Å²) < 4.78 is 52.9. The van der Waals surface area contributed by atoms with Gasteiger partial charge in [-0.25, -0.2) is 9.18 Å². The molecule has 31 heavy (non-hydrogen) atoms. The number of halogens is 4. The SMILES string of the molecule is Cc1cc(NC(=O)N2CC=C(c3ncc([C@H](O)CO)cc3F)CC2)ccc1C(F)(F)F. The Morgan fingerprint density at radius 3 is 2.61 bits per heavy atom. The molecular weight excluding hydrogens is 418 g/mol. The van der Waals surface area contributed by atoms with Crippen molar-refractivity contribution in [3.63, 3.8) is 0 Å². The Morgan fingerprint density at radius 2 is 2.06 bits per heavy atom. The molecule has 1 aliphatic rings. The molecule has 1 atom stereocenters. The highest BCUT2D eigenvalue weighted by atomic mass is 19.4. The smallest absolute Gasteiger partial charge is 0.393 e. The number of aromatic nitrogens is 1. The summed E-state index contributed by atoms with van der Waals surface area (Å²) >= 11 is 0. The molecule has 0 spiro atoms. The quantitative estimate of drug-likeness (QED) is 0.631. The number of hydrogen-bond donors (Lipinski definition) is 3. The lowest BCUT2D eigenvalue weighted by Gasteiger charge is -2.27. The molecule has 2 heterocycles. The molecule has 2 amide bonds. The fourth-order valence-electron chi connectivity index (χ4n) is 3.31. The Bertz CT molecular complexity index is 1010. The summed E-state index contributed by atoms with van der Waals surface area (Å²) in [5.74, 6) is -0.644. The minimum Gasteiger partial charge on any atom is -0.393 e. The second-order valence-electron chi connectivity index (χ2n) is 7.18. The first kappa shape index (κ1) is 22.7. The number of urea groups is 1. The molecule has 1 aromatic carbocycles. The largest absolute Gasteiger partial charge is 0.416 e. The molecule has 0 saturated heterocycles. The van der Waals surface area contributed by atoms with Gasteiger partial charge in [0.2, 0.25) is 0 Å². The van der Waals surface area contributed by atoms with Gasteiger partial charge in [0.1, 0.15) is 17.6 Å². The number of aliphatic hydroxyl groups excluding tert-OH is 2. The molecule has 10 heteroatoms. The summed E-state index contributed by atoms with van der Waals surface area (Å²) in [4.78, 5) is 17.9. The van der Waals surface area contributed by atoms with E-state index in [1.165, 1.54) is 30.2 Å². The summed E-state index contributed by atoms with van der Waals surface area (Å²) in [6, 6.07) is 4.00. The van der Waals surface area contributed by atoms with Crippen LogP contribution in [-0.4, -0.2) is 45.8 Å². The molecule has 2 aromatic rings. The average Bonchev–Trinajstić information content (AvgIpc) is 2.72. The van der Waals surface area contributed by atoms with E-state index in [9.17, 15) is 27.5 Å². The monoisotopic (exact) mass is 439 g/mol. The van der Waals surface area contributed by atoms with Crippen LogP contribution in [0.3, 0.4) is 0 Å². The minimum atomic E-state index is -4.46. The molecule has 0 fully saturated rings.